The first-order chi connectivity index (χ1) is 11.4. The average molecular weight is 339 g/mol. The number of carbonyl (C=O) groups is 1. The van der Waals surface area contributed by atoms with Crippen LogP contribution in [0.5, 0.6) is 0 Å². The molecule has 0 spiro atoms. The van der Waals surface area contributed by atoms with Crippen molar-refractivity contribution >= 4 is 6.03 Å². The van der Waals surface area contributed by atoms with E-state index in [1.807, 2.05) is 11.9 Å². The minimum Gasteiger partial charge on any atom is -0.388 e. The fourth-order valence-corrected chi connectivity index (χ4v) is 3.51. The Labute approximate surface area is 140 Å². The van der Waals surface area contributed by atoms with Gasteiger partial charge in [0.2, 0.25) is 0 Å². The highest BCUT2D eigenvalue weighted by Gasteiger charge is 2.36. The number of hydrogen-bond donors (Lipinski definition) is 3. The van der Waals surface area contributed by atoms with Crippen molar-refractivity contribution in [2.24, 2.45) is 0 Å². The van der Waals surface area contributed by atoms with Crippen molar-refractivity contribution in [3.05, 3.63) is 35.4 Å². The molecular weight excluding hydrogens is 316 g/mol. The van der Waals surface area contributed by atoms with Crippen molar-refractivity contribution in [2.75, 3.05) is 20.1 Å². The number of carbonyl (C=O) groups excluding carboxylic acids is 1. The summed E-state index contributed by atoms with van der Waals surface area (Å²) in [5, 5.41) is 15.6. The van der Waals surface area contributed by atoms with Crippen molar-refractivity contribution in [1.29, 1.82) is 0 Å². The zero-order valence-corrected chi connectivity index (χ0v) is 13.7. The fourth-order valence-electron chi connectivity index (χ4n) is 3.51. The zero-order chi connectivity index (χ0) is 17.3. The van der Waals surface area contributed by atoms with E-state index in [1.165, 1.54) is 6.07 Å². The van der Waals surface area contributed by atoms with Gasteiger partial charge in [-0.2, -0.15) is 0 Å². The highest BCUT2D eigenvalue weighted by Crippen LogP contribution is 2.32. The summed E-state index contributed by atoms with van der Waals surface area (Å²) in [4.78, 5) is 14.1. The number of nitrogens with one attached hydrogen (secondary N) is 2. The van der Waals surface area contributed by atoms with E-state index >= 15 is 0 Å². The summed E-state index contributed by atoms with van der Waals surface area (Å²) in [6.07, 6.45) is 3.11. The van der Waals surface area contributed by atoms with Gasteiger partial charge in [-0.3, -0.25) is 4.90 Å². The number of aliphatic hydroxyl groups is 1. The highest BCUT2D eigenvalue weighted by molar-refractivity contribution is 5.74. The van der Waals surface area contributed by atoms with E-state index < -0.39 is 17.2 Å². The number of halogens is 2. The molecular formula is C17H23F2N3O2. The highest BCUT2D eigenvalue weighted by atomic mass is 19.2. The summed E-state index contributed by atoms with van der Waals surface area (Å²) in [6.45, 7) is 0.982. The van der Waals surface area contributed by atoms with Crippen LogP contribution in [0.3, 0.4) is 0 Å². The molecule has 5 nitrogen and oxygen atoms in total. The van der Waals surface area contributed by atoms with E-state index in [0.29, 0.717) is 18.4 Å². The van der Waals surface area contributed by atoms with Crippen molar-refractivity contribution in [2.45, 2.75) is 43.4 Å². The van der Waals surface area contributed by atoms with Crippen LogP contribution in [-0.4, -0.2) is 47.8 Å². The largest absolute Gasteiger partial charge is 0.388 e. The summed E-state index contributed by atoms with van der Waals surface area (Å²) < 4.78 is 26.7. The number of nitrogens with zero attached hydrogens (tertiary/aromatic N) is 1. The topological polar surface area (TPSA) is 64.6 Å². The van der Waals surface area contributed by atoms with Crippen LogP contribution in [0.15, 0.2) is 18.2 Å². The standard InChI is InChI=1S/C17H23F2N3O2/c1-22-8-5-14(15(22)11-3-4-12(18)13(19)9-11)21-16(23)20-10-17(24)6-2-7-17/h3-4,9,14-15,24H,2,5-8,10H2,1H3,(H2,20,21,23). The van der Waals surface area contributed by atoms with E-state index in [0.717, 1.165) is 25.5 Å². The van der Waals surface area contributed by atoms with Gasteiger partial charge in [-0.05, 0) is 50.4 Å². The second-order valence-electron chi connectivity index (χ2n) is 6.90. The molecule has 2 fully saturated rings. The van der Waals surface area contributed by atoms with Gasteiger partial charge in [0.05, 0.1) is 17.7 Å². The number of benzene rings is 1. The van der Waals surface area contributed by atoms with Crippen LogP contribution in [0.1, 0.15) is 37.3 Å². The fraction of sp³-hybridized carbons (Fsp3) is 0.588. The maximum Gasteiger partial charge on any atom is 0.315 e. The normalized spacial score (nSPS) is 26.0. The number of urea groups is 1. The van der Waals surface area contributed by atoms with E-state index in [1.54, 1.807) is 6.07 Å². The summed E-state index contributed by atoms with van der Waals surface area (Å²) in [5.41, 5.74) is -0.139. The monoisotopic (exact) mass is 339 g/mol. The van der Waals surface area contributed by atoms with Crippen LogP contribution >= 0.6 is 0 Å². The van der Waals surface area contributed by atoms with Gasteiger partial charge in [-0.25, -0.2) is 13.6 Å². The van der Waals surface area contributed by atoms with E-state index in [4.69, 9.17) is 0 Å². The third-order valence-corrected chi connectivity index (χ3v) is 5.11. The molecule has 3 N–H and O–H groups in total. The lowest BCUT2D eigenvalue weighted by molar-refractivity contribution is -0.0290. The van der Waals surface area contributed by atoms with Crippen LogP contribution in [0.2, 0.25) is 0 Å². The van der Waals surface area contributed by atoms with Gasteiger partial charge in [0.1, 0.15) is 0 Å². The summed E-state index contributed by atoms with van der Waals surface area (Å²) in [5.74, 6) is -1.77. The average Bonchev–Trinajstić information content (AvgIpc) is 2.87. The summed E-state index contributed by atoms with van der Waals surface area (Å²) >= 11 is 0. The third kappa shape index (κ3) is 3.52. The molecule has 1 saturated heterocycles. The molecule has 2 aliphatic rings. The Morgan fingerprint density at radius 1 is 1.38 bits per heavy atom. The molecule has 1 aromatic rings. The first-order valence-electron chi connectivity index (χ1n) is 8.30. The number of likely N-dealkylation sites (N-methyl/N-ethyl adjacent to an activating group) is 1. The van der Waals surface area contributed by atoms with Crippen molar-refractivity contribution < 1.29 is 18.7 Å². The molecule has 1 aliphatic carbocycles. The quantitative estimate of drug-likeness (QED) is 0.785. The van der Waals surface area contributed by atoms with Crippen molar-refractivity contribution in [1.82, 2.24) is 15.5 Å². The smallest absolute Gasteiger partial charge is 0.315 e. The predicted molar refractivity (Wildman–Crippen MR) is 85.5 cm³/mol. The molecule has 0 radical (unpaired) electrons. The van der Waals surface area contributed by atoms with Gasteiger partial charge in [0, 0.05) is 13.1 Å². The third-order valence-electron chi connectivity index (χ3n) is 5.11. The lowest BCUT2D eigenvalue weighted by Crippen LogP contribution is -2.52. The number of amides is 2. The molecule has 132 valence electrons. The molecule has 0 bridgehead atoms. The maximum atomic E-state index is 13.5. The Kier molecular flexibility index (Phi) is 4.73. The minimum absolute atomic E-state index is 0.198. The van der Waals surface area contributed by atoms with E-state index in [2.05, 4.69) is 10.6 Å². The molecule has 3 rings (SSSR count). The van der Waals surface area contributed by atoms with Crippen LogP contribution in [0.25, 0.3) is 0 Å². The molecule has 24 heavy (non-hydrogen) atoms. The molecule has 2 atom stereocenters. The van der Waals surface area contributed by atoms with E-state index in [9.17, 15) is 18.7 Å². The Balaban J connectivity index is 1.63. The second-order valence-corrected chi connectivity index (χ2v) is 6.90. The van der Waals surface area contributed by atoms with Gasteiger partial charge >= 0.3 is 6.03 Å². The Morgan fingerprint density at radius 2 is 2.12 bits per heavy atom. The first-order valence-corrected chi connectivity index (χ1v) is 8.30. The van der Waals surface area contributed by atoms with Gasteiger partial charge in [0.25, 0.3) is 0 Å². The molecule has 1 aliphatic heterocycles. The molecule has 7 heteroatoms. The lowest BCUT2D eigenvalue weighted by Gasteiger charge is -2.36. The van der Waals surface area contributed by atoms with Crippen molar-refractivity contribution in [3.63, 3.8) is 0 Å². The molecule has 1 saturated carbocycles. The Hall–Kier alpha value is -1.73. The Bertz CT molecular complexity index is 622. The number of rotatable bonds is 4. The van der Waals surface area contributed by atoms with Gasteiger partial charge in [0.15, 0.2) is 11.6 Å². The summed E-state index contributed by atoms with van der Waals surface area (Å²) in [7, 11) is 1.89. The first kappa shape index (κ1) is 17.1. The molecule has 2 unspecified atom stereocenters. The second kappa shape index (κ2) is 6.64. The van der Waals surface area contributed by atoms with Crippen LogP contribution in [0, 0.1) is 11.6 Å². The molecule has 1 aromatic carbocycles. The van der Waals surface area contributed by atoms with Crippen LogP contribution < -0.4 is 10.6 Å². The van der Waals surface area contributed by atoms with E-state index in [-0.39, 0.29) is 24.7 Å². The molecule has 0 aromatic heterocycles. The maximum absolute atomic E-state index is 13.5. The number of likely N-dealkylation sites (tertiary alicyclic amines) is 1. The zero-order valence-electron chi connectivity index (χ0n) is 13.7. The SMILES string of the molecule is CN1CCC(NC(=O)NCC2(O)CCC2)C1c1ccc(F)c(F)c1. The number of hydrogen-bond acceptors (Lipinski definition) is 3. The molecule has 1 heterocycles. The van der Waals surface area contributed by atoms with Gasteiger partial charge < -0.3 is 15.7 Å². The van der Waals surface area contributed by atoms with Crippen LogP contribution in [0.4, 0.5) is 13.6 Å². The van der Waals surface area contributed by atoms with Crippen LogP contribution in [-0.2, 0) is 0 Å². The van der Waals surface area contributed by atoms with Gasteiger partial charge in [-0.1, -0.05) is 6.07 Å². The molecule has 2 amide bonds. The van der Waals surface area contributed by atoms with Gasteiger partial charge in [-0.15, -0.1) is 0 Å². The lowest BCUT2D eigenvalue weighted by atomic mass is 9.80. The predicted octanol–water partition coefficient (Wildman–Crippen LogP) is 1.92. The Morgan fingerprint density at radius 3 is 2.75 bits per heavy atom. The minimum atomic E-state index is -0.886. The van der Waals surface area contributed by atoms with Crippen molar-refractivity contribution in [3.8, 4) is 0 Å². The summed E-state index contributed by atoms with van der Waals surface area (Å²) in [6, 6.07) is 3.09.